The second kappa shape index (κ2) is 6.71. The molecule has 5 heteroatoms. The zero-order valence-corrected chi connectivity index (χ0v) is 14.8. The predicted octanol–water partition coefficient (Wildman–Crippen LogP) is 3.65. The summed E-state index contributed by atoms with van der Waals surface area (Å²) in [6.07, 6.45) is 8.81. The van der Waals surface area contributed by atoms with Crippen molar-refractivity contribution in [3.63, 3.8) is 0 Å². The number of thiophene rings is 1. The summed E-state index contributed by atoms with van der Waals surface area (Å²) >= 11 is 1.56. The van der Waals surface area contributed by atoms with Crippen LogP contribution in [0.25, 0.3) is 5.57 Å². The van der Waals surface area contributed by atoms with E-state index >= 15 is 0 Å². The third-order valence-corrected chi connectivity index (χ3v) is 6.36. The van der Waals surface area contributed by atoms with E-state index < -0.39 is 0 Å². The summed E-state index contributed by atoms with van der Waals surface area (Å²) < 4.78 is 0. The van der Waals surface area contributed by atoms with Crippen molar-refractivity contribution in [2.75, 3.05) is 13.1 Å². The number of amides is 2. The van der Waals surface area contributed by atoms with E-state index in [9.17, 15) is 9.59 Å². The Labute approximate surface area is 147 Å². The van der Waals surface area contributed by atoms with Crippen LogP contribution in [0.15, 0.2) is 23.2 Å². The van der Waals surface area contributed by atoms with Crippen molar-refractivity contribution in [3.8, 4) is 0 Å². The molecule has 128 valence electrons. The molecular formula is C19H24N2O2S. The van der Waals surface area contributed by atoms with E-state index in [1.54, 1.807) is 16.2 Å². The monoisotopic (exact) mass is 344 g/mol. The van der Waals surface area contributed by atoms with Gasteiger partial charge in [0.2, 0.25) is 0 Å². The summed E-state index contributed by atoms with van der Waals surface area (Å²) in [5.41, 5.74) is 1.32. The Hall–Kier alpha value is -1.62. The Balaban J connectivity index is 1.71. The summed E-state index contributed by atoms with van der Waals surface area (Å²) in [5.74, 6) is -0.103. The maximum absolute atomic E-state index is 13.2. The molecule has 3 heterocycles. The van der Waals surface area contributed by atoms with Crippen LogP contribution in [0.2, 0.25) is 0 Å². The van der Waals surface area contributed by atoms with Crippen LogP contribution in [0.1, 0.15) is 56.2 Å². The first-order chi connectivity index (χ1) is 11.8. The summed E-state index contributed by atoms with van der Waals surface area (Å²) in [4.78, 5) is 31.1. The molecule has 1 saturated heterocycles. The van der Waals surface area contributed by atoms with Crippen molar-refractivity contribution >= 4 is 28.7 Å². The van der Waals surface area contributed by atoms with Gasteiger partial charge in [-0.25, -0.2) is 0 Å². The molecule has 0 atom stereocenters. The second-order valence-corrected chi connectivity index (χ2v) is 7.97. The van der Waals surface area contributed by atoms with Crippen LogP contribution in [0.3, 0.4) is 0 Å². The maximum Gasteiger partial charge on any atom is 0.278 e. The van der Waals surface area contributed by atoms with E-state index in [1.165, 1.54) is 12.8 Å². The molecule has 2 aliphatic heterocycles. The van der Waals surface area contributed by atoms with Gasteiger partial charge in [-0.05, 0) is 37.1 Å². The van der Waals surface area contributed by atoms with Crippen molar-refractivity contribution < 1.29 is 9.59 Å². The van der Waals surface area contributed by atoms with Gasteiger partial charge >= 0.3 is 0 Å². The summed E-state index contributed by atoms with van der Waals surface area (Å²) in [7, 11) is 0. The van der Waals surface area contributed by atoms with Gasteiger partial charge in [-0.15, -0.1) is 11.3 Å². The van der Waals surface area contributed by atoms with E-state index in [0.29, 0.717) is 11.3 Å². The molecule has 0 radical (unpaired) electrons. The lowest BCUT2D eigenvalue weighted by Crippen LogP contribution is -2.42. The van der Waals surface area contributed by atoms with Crippen LogP contribution in [0.4, 0.5) is 0 Å². The molecule has 1 aromatic rings. The van der Waals surface area contributed by atoms with Crippen molar-refractivity contribution in [2.24, 2.45) is 0 Å². The van der Waals surface area contributed by atoms with Gasteiger partial charge in [0.05, 0.1) is 5.57 Å². The average molecular weight is 344 g/mol. The van der Waals surface area contributed by atoms with Crippen LogP contribution in [-0.2, 0) is 9.59 Å². The fraction of sp³-hybridized carbons (Fsp3) is 0.579. The molecule has 4 rings (SSSR count). The fourth-order valence-electron chi connectivity index (χ4n) is 4.26. The van der Waals surface area contributed by atoms with Gasteiger partial charge in [-0.3, -0.25) is 14.5 Å². The van der Waals surface area contributed by atoms with Crippen LogP contribution in [-0.4, -0.2) is 40.7 Å². The number of carbonyl (C=O) groups is 2. The van der Waals surface area contributed by atoms with Crippen LogP contribution in [0, 0.1) is 0 Å². The Bertz CT molecular complexity index is 651. The summed E-state index contributed by atoms with van der Waals surface area (Å²) in [5, 5.41) is 1.98. The SMILES string of the molecule is O=C1C(c2cccs2)=C(N2CCCC2)C(=O)N1C1CCCCCC1. The number of carbonyl (C=O) groups excluding carboxylic acids is 2. The zero-order valence-electron chi connectivity index (χ0n) is 14.0. The van der Waals surface area contributed by atoms with Crippen molar-refractivity contribution in [1.82, 2.24) is 9.80 Å². The van der Waals surface area contributed by atoms with Gasteiger partial charge < -0.3 is 4.90 Å². The van der Waals surface area contributed by atoms with Gasteiger partial charge in [0.1, 0.15) is 5.70 Å². The highest BCUT2D eigenvalue weighted by atomic mass is 32.1. The number of nitrogens with zero attached hydrogens (tertiary/aromatic N) is 2. The van der Waals surface area contributed by atoms with E-state index in [2.05, 4.69) is 4.90 Å². The van der Waals surface area contributed by atoms with Crippen molar-refractivity contribution in [3.05, 3.63) is 28.1 Å². The molecular weight excluding hydrogens is 320 g/mol. The molecule has 2 amide bonds. The normalized spacial score (nSPS) is 23.5. The Morgan fingerprint density at radius 2 is 1.62 bits per heavy atom. The number of rotatable bonds is 3. The number of hydrogen-bond acceptors (Lipinski definition) is 4. The lowest BCUT2D eigenvalue weighted by molar-refractivity contribution is -0.140. The largest absolute Gasteiger partial charge is 0.366 e. The number of imide groups is 1. The topological polar surface area (TPSA) is 40.6 Å². The number of likely N-dealkylation sites (tertiary alicyclic amines) is 1. The quantitative estimate of drug-likeness (QED) is 0.621. The van der Waals surface area contributed by atoms with Crippen LogP contribution < -0.4 is 0 Å². The third kappa shape index (κ3) is 2.69. The van der Waals surface area contributed by atoms with Gasteiger partial charge in [0.25, 0.3) is 11.8 Å². The molecule has 0 N–H and O–H groups in total. The summed E-state index contributed by atoms with van der Waals surface area (Å²) in [6.45, 7) is 1.78. The minimum Gasteiger partial charge on any atom is -0.366 e. The second-order valence-electron chi connectivity index (χ2n) is 7.02. The highest BCUT2D eigenvalue weighted by Gasteiger charge is 2.45. The molecule has 0 aromatic carbocycles. The first-order valence-corrected chi connectivity index (χ1v) is 10.1. The molecule has 24 heavy (non-hydrogen) atoms. The van der Waals surface area contributed by atoms with Crippen LogP contribution in [0.5, 0.6) is 0 Å². The zero-order chi connectivity index (χ0) is 16.5. The highest BCUT2D eigenvalue weighted by molar-refractivity contribution is 7.11. The predicted molar refractivity (Wildman–Crippen MR) is 95.4 cm³/mol. The fourth-order valence-corrected chi connectivity index (χ4v) is 5.02. The first-order valence-electron chi connectivity index (χ1n) is 9.18. The maximum atomic E-state index is 13.2. The van der Waals surface area contributed by atoms with Gasteiger partial charge in [0.15, 0.2) is 0 Å². The number of hydrogen-bond donors (Lipinski definition) is 0. The minimum absolute atomic E-state index is 0.0443. The van der Waals surface area contributed by atoms with Gasteiger partial charge in [-0.2, -0.15) is 0 Å². The van der Waals surface area contributed by atoms with Gasteiger partial charge in [-0.1, -0.05) is 31.7 Å². The van der Waals surface area contributed by atoms with Crippen LogP contribution >= 0.6 is 11.3 Å². The van der Waals surface area contributed by atoms with Gasteiger partial charge in [0, 0.05) is 24.0 Å². The molecule has 0 unspecified atom stereocenters. The lowest BCUT2D eigenvalue weighted by atomic mass is 10.1. The van der Waals surface area contributed by atoms with E-state index in [0.717, 1.165) is 56.5 Å². The molecule has 4 nitrogen and oxygen atoms in total. The summed E-state index contributed by atoms with van der Waals surface area (Å²) in [6, 6.07) is 4.01. The molecule has 1 aliphatic carbocycles. The van der Waals surface area contributed by atoms with E-state index in [1.807, 2.05) is 17.5 Å². The van der Waals surface area contributed by atoms with E-state index in [4.69, 9.17) is 0 Å². The molecule has 1 saturated carbocycles. The average Bonchev–Trinajstić information content (AvgIpc) is 3.27. The van der Waals surface area contributed by atoms with Crippen molar-refractivity contribution in [2.45, 2.75) is 57.4 Å². The Morgan fingerprint density at radius 3 is 2.25 bits per heavy atom. The highest BCUT2D eigenvalue weighted by Crippen LogP contribution is 2.38. The molecule has 0 bridgehead atoms. The van der Waals surface area contributed by atoms with Crippen molar-refractivity contribution in [1.29, 1.82) is 0 Å². The van der Waals surface area contributed by atoms with E-state index in [-0.39, 0.29) is 17.9 Å². The Morgan fingerprint density at radius 1 is 0.917 bits per heavy atom. The third-order valence-electron chi connectivity index (χ3n) is 5.47. The molecule has 0 spiro atoms. The smallest absolute Gasteiger partial charge is 0.278 e. The Kier molecular flexibility index (Phi) is 4.44. The molecule has 3 aliphatic rings. The first kappa shape index (κ1) is 15.9. The standard InChI is InChI=1S/C19H24N2O2S/c22-18-16(15-10-7-13-24-15)17(20-11-5-6-12-20)19(23)21(18)14-8-3-1-2-4-9-14/h7,10,13-14H,1-6,8-9,11-12H2. The minimum atomic E-state index is -0.0590. The molecule has 2 fully saturated rings. The lowest BCUT2D eigenvalue weighted by Gasteiger charge is -2.26. The molecule has 1 aromatic heterocycles.